The van der Waals surface area contributed by atoms with E-state index < -0.39 is 17.1 Å². The molecule has 7 heteroatoms. The van der Waals surface area contributed by atoms with Crippen LogP contribution in [0.3, 0.4) is 0 Å². The molecule has 0 bridgehead atoms. The Labute approximate surface area is 127 Å². The number of fused-ring (bicyclic) bond motifs is 3. The van der Waals surface area contributed by atoms with Gasteiger partial charge >= 0.3 is 5.69 Å². The monoisotopic (exact) mass is 308 g/mol. The number of rotatable bonds is 1. The van der Waals surface area contributed by atoms with Crippen molar-refractivity contribution in [2.45, 2.75) is 0 Å². The Morgan fingerprint density at radius 3 is 2.78 bits per heavy atom. The average Bonchev–Trinajstić information content (AvgIpc) is 2.57. The molecule has 0 amide bonds. The summed E-state index contributed by atoms with van der Waals surface area (Å²) in [5.74, 6) is -0.833. The highest BCUT2D eigenvalue weighted by molar-refractivity contribution is 6.03. The van der Waals surface area contributed by atoms with Gasteiger partial charge in [-0.05, 0) is 30.3 Å². The van der Waals surface area contributed by atoms with E-state index in [9.17, 15) is 14.0 Å². The molecule has 0 spiro atoms. The first-order valence-electron chi connectivity index (χ1n) is 6.80. The molecule has 0 saturated carbocycles. The van der Waals surface area contributed by atoms with E-state index in [1.807, 2.05) is 23.2 Å². The number of hydrogen-bond donors (Lipinski definition) is 1. The Balaban J connectivity index is 2.06. The molecular formula is C16H9FN4O2. The van der Waals surface area contributed by atoms with Crippen LogP contribution in [-0.2, 0) is 0 Å². The van der Waals surface area contributed by atoms with Crippen LogP contribution in [0.5, 0.6) is 0 Å². The van der Waals surface area contributed by atoms with Gasteiger partial charge in [-0.25, -0.2) is 14.3 Å². The van der Waals surface area contributed by atoms with Gasteiger partial charge in [0.2, 0.25) is 5.82 Å². The van der Waals surface area contributed by atoms with E-state index in [0.29, 0.717) is 5.52 Å². The topological polar surface area (TPSA) is 80.6 Å². The lowest BCUT2D eigenvalue weighted by molar-refractivity contribution is 0.585. The van der Waals surface area contributed by atoms with Crippen LogP contribution in [0.25, 0.3) is 27.6 Å². The molecule has 0 atom stereocenters. The van der Waals surface area contributed by atoms with Gasteiger partial charge in [0, 0.05) is 17.0 Å². The van der Waals surface area contributed by atoms with Crippen LogP contribution in [0.4, 0.5) is 4.39 Å². The van der Waals surface area contributed by atoms with E-state index in [-0.39, 0.29) is 5.82 Å². The average molecular weight is 308 g/mol. The number of benzene rings is 1. The van der Waals surface area contributed by atoms with Gasteiger partial charge in [0.15, 0.2) is 0 Å². The molecule has 23 heavy (non-hydrogen) atoms. The normalized spacial score (nSPS) is 11.2. The second-order valence-corrected chi connectivity index (χ2v) is 4.98. The van der Waals surface area contributed by atoms with Gasteiger partial charge in [-0.3, -0.25) is 14.8 Å². The lowest BCUT2D eigenvalue weighted by atomic mass is 10.1. The molecule has 0 radical (unpaired) electrons. The number of hydrogen-bond acceptors (Lipinski definition) is 4. The maximum Gasteiger partial charge on any atom is 0.334 e. The van der Waals surface area contributed by atoms with Crippen LogP contribution in [0.2, 0.25) is 0 Å². The number of pyridine rings is 2. The largest absolute Gasteiger partial charge is 0.334 e. The van der Waals surface area contributed by atoms with Crippen molar-refractivity contribution in [2.24, 2.45) is 0 Å². The van der Waals surface area contributed by atoms with Crippen molar-refractivity contribution in [1.29, 1.82) is 0 Å². The maximum absolute atomic E-state index is 13.5. The van der Waals surface area contributed by atoms with Crippen molar-refractivity contribution >= 4 is 21.8 Å². The molecule has 6 nitrogen and oxygen atoms in total. The summed E-state index contributed by atoms with van der Waals surface area (Å²) >= 11 is 0. The Hall–Kier alpha value is -3.35. The summed E-state index contributed by atoms with van der Waals surface area (Å²) in [5, 5.41) is 1.69. The van der Waals surface area contributed by atoms with Gasteiger partial charge in [-0.15, -0.1) is 0 Å². The third kappa shape index (κ3) is 2.10. The first kappa shape index (κ1) is 13.3. The van der Waals surface area contributed by atoms with Crippen molar-refractivity contribution in [3.8, 4) is 5.82 Å². The fourth-order valence-electron chi connectivity index (χ4n) is 2.48. The Kier molecular flexibility index (Phi) is 2.80. The molecule has 0 aliphatic carbocycles. The Bertz CT molecular complexity index is 1180. The third-order valence-electron chi connectivity index (χ3n) is 3.57. The number of nitrogens with zero attached hydrogens (tertiary/aromatic N) is 3. The van der Waals surface area contributed by atoms with E-state index in [0.717, 1.165) is 27.1 Å². The van der Waals surface area contributed by atoms with Crippen molar-refractivity contribution in [2.75, 3.05) is 0 Å². The number of aromatic amines is 1. The van der Waals surface area contributed by atoms with Gasteiger partial charge < -0.3 is 0 Å². The highest BCUT2D eigenvalue weighted by Gasteiger charge is 2.09. The predicted molar refractivity (Wildman–Crippen MR) is 83.2 cm³/mol. The minimum atomic E-state index is -1.05. The standard InChI is InChI=1S/C16H9FN4O2/c17-11-8-21(16(23)20-15(11)22)13-6-4-9-3-5-12-10(14(9)19-13)2-1-7-18-12/h1-8H,(H,20,22,23). The zero-order chi connectivity index (χ0) is 16.0. The first-order valence-corrected chi connectivity index (χ1v) is 6.80. The molecule has 0 aliphatic rings. The molecule has 3 heterocycles. The first-order chi connectivity index (χ1) is 11.1. The molecule has 4 rings (SSSR count). The fraction of sp³-hybridized carbons (Fsp3) is 0. The van der Waals surface area contributed by atoms with Crippen LogP contribution in [0.15, 0.2) is 58.4 Å². The molecule has 0 unspecified atom stereocenters. The van der Waals surface area contributed by atoms with Crippen LogP contribution in [0, 0.1) is 5.82 Å². The van der Waals surface area contributed by atoms with Gasteiger partial charge in [-0.2, -0.15) is 4.39 Å². The van der Waals surface area contributed by atoms with Gasteiger partial charge in [0.25, 0.3) is 5.56 Å². The molecule has 0 saturated heterocycles. The van der Waals surface area contributed by atoms with E-state index >= 15 is 0 Å². The highest BCUT2D eigenvalue weighted by atomic mass is 19.1. The molecule has 0 fully saturated rings. The number of nitrogens with one attached hydrogen (secondary N) is 1. The number of aromatic nitrogens is 4. The highest BCUT2D eigenvalue weighted by Crippen LogP contribution is 2.23. The fourth-order valence-corrected chi connectivity index (χ4v) is 2.48. The second-order valence-electron chi connectivity index (χ2n) is 4.98. The van der Waals surface area contributed by atoms with Crippen molar-refractivity contribution in [3.63, 3.8) is 0 Å². The van der Waals surface area contributed by atoms with Crippen molar-refractivity contribution in [1.82, 2.24) is 19.5 Å². The zero-order valence-corrected chi connectivity index (χ0v) is 11.7. The minimum Gasteiger partial charge on any atom is -0.271 e. The zero-order valence-electron chi connectivity index (χ0n) is 11.7. The SMILES string of the molecule is O=c1[nH]c(=O)n(-c2ccc3ccc4ncccc4c3n2)cc1F. The third-order valence-corrected chi connectivity index (χ3v) is 3.57. The number of H-pyrrole nitrogens is 1. The lowest BCUT2D eigenvalue weighted by Gasteiger charge is -2.07. The summed E-state index contributed by atoms with van der Waals surface area (Å²) in [7, 11) is 0. The number of halogens is 1. The summed E-state index contributed by atoms with van der Waals surface area (Å²) in [6, 6.07) is 10.8. The second kappa shape index (κ2) is 4.84. The van der Waals surface area contributed by atoms with Crippen LogP contribution < -0.4 is 11.2 Å². The molecule has 1 aromatic carbocycles. The summed E-state index contributed by atoms with van der Waals surface area (Å²) in [6.07, 6.45) is 2.51. The lowest BCUT2D eigenvalue weighted by Crippen LogP contribution is -2.30. The van der Waals surface area contributed by atoms with Crippen LogP contribution in [0.1, 0.15) is 0 Å². The van der Waals surface area contributed by atoms with Crippen LogP contribution in [-0.4, -0.2) is 19.5 Å². The molecule has 3 aromatic heterocycles. The molecular weight excluding hydrogens is 299 g/mol. The summed E-state index contributed by atoms with van der Waals surface area (Å²) in [6.45, 7) is 0. The molecule has 4 aromatic rings. The predicted octanol–water partition coefficient (Wildman–Crippen LogP) is 1.76. The summed E-state index contributed by atoms with van der Waals surface area (Å²) in [5.41, 5.74) is -0.389. The Morgan fingerprint density at radius 2 is 1.91 bits per heavy atom. The van der Waals surface area contributed by atoms with Gasteiger partial charge in [0.1, 0.15) is 5.82 Å². The molecule has 1 N–H and O–H groups in total. The maximum atomic E-state index is 13.5. The van der Waals surface area contributed by atoms with E-state index in [4.69, 9.17) is 0 Å². The molecule has 112 valence electrons. The van der Waals surface area contributed by atoms with Crippen molar-refractivity contribution in [3.05, 3.63) is 75.4 Å². The quantitative estimate of drug-likeness (QED) is 0.543. The van der Waals surface area contributed by atoms with E-state index in [2.05, 4.69) is 9.97 Å². The smallest absolute Gasteiger partial charge is 0.271 e. The minimum absolute atomic E-state index is 0.217. The summed E-state index contributed by atoms with van der Waals surface area (Å²) in [4.78, 5) is 33.6. The Morgan fingerprint density at radius 1 is 1.09 bits per heavy atom. The van der Waals surface area contributed by atoms with Gasteiger partial charge in [-0.1, -0.05) is 6.07 Å². The van der Waals surface area contributed by atoms with E-state index in [1.165, 1.54) is 0 Å². The van der Waals surface area contributed by atoms with Crippen LogP contribution >= 0.6 is 0 Å². The molecule has 0 aliphatic heterocycles. The van der Waals surface area contributed by atoms with Crippen molar-refractivity contribution < 1.29 is 4.39 Å². The summed E-state index contributed by atoms with van der Waals surface area (Å²) < 4.78 is 14.4. The van der Waals surface area contributed by atoms with E-state index in [1.54, 1.807) is 24.4 Å². The van der Waals surface area contributed by atoms with Gasteiger partial charge in [0.05, 0.1) is 17.2 Å².